The minimum Gasteiger partial charge on any atom is -0.373 e. The molecule has 5 atom stereocenters. The van der Waals surface area contributed by atoms with Crippen LogP contribution in [0.4, 0.5) is 0 Å². The summed E-state index contributed by atoms with van der Waals surface area (Å²) in [4.78, 5) is 0. The van der Waals surface area contributed by atoms with Crippen LogP contribution in [0.25, 0.3) is 0 Å². The Hall–Kier alpha value is -2.95. The summed E-state index contributed by atoms with van der Waals surface area (Å²) < 4.78 is 39.0. The van der Waals surface area contributed by atoms with Crippen molar-refractivity contribution in [3.63, 3.8) is 0 Å². The van der Waals surface area contributed by atoms with Crippen molar-refractivity contribution in [2.45, 2.75) is 57.1 Å². The van der Waals surface area contributed by atoms with Gasteiger partial charge >= 0.3 is 0 Å². The smallest absolute Gasteiger partial charge is 0.186 e. The Morgan fingerprint density at radius 1 is 0.744 bits per heavy atom. The predicted octanol–water partition coefficient (Wildman–Crippen LogP) is 6.95. The maximum absolute atomic E-state index is 6.62. The second-order valence-corrected chi connectivity index (χ2v) is 11.3. The third-order valence-corrected chi connectivity index (χ3v) is 7.93. The van der Waals surface area contributed by atoms with Crippen LogP contribution in [-0.4, -0.2) is 44.4 Å². The number of hydrogen-bond acceptors (Lipinski definition) is 6. The van der Waals surface area contributed by atoms with Gasteiger partial charge in [-0.1, -0.05) is 90.5 Å². The van der Waals surface area contributed by atoms with Crippen LogP contribution in [-0.2, 0) is 54.8 Å². The van der Waals surface area contributed by atoms with Gasteiger partial charge in [0, 0.05) is 28.8 Å². The average molecular weight is 664 g/mol. The molecule has 0 aromatic heterocycles. The fourth-order valence-electron chi connectivity index (χ4n) is 4.76. The lowest BCUT2D eigenvalue weighted by atomic mass is 9.97. The lowest BCUT2D eigenvalue weighted by molar-refractivity contribution is -0.323. The lowest BCUT2D eigenvalue weighted by Gasteiger charge is -2.45. The number of rotatable bonds is 14. The van der Waals surface area contributed by atoms with Crippen LogP contribution < -0.4 is 0 Å². The van der Waals surface area contributed by atoms with Crippen molar-refractivity contribution in [3.05, 3.63) is 141 Å². The maximum atomic E-state index is 6.62. The molecule has 6 nitrogen and oxygen atoms in total. The van der Waals surface area contributed by atoms with Gasteiger partial charge < -0.3 is 28.4 Å². The summed E-state index contributed by atoms with van der Waals surface area (Å²) in [5, 5.41) is 0.500. The maximum Gasteiger partial charge on any atom is 0.186 e. The minimum absolute atomic E-state index is 0.225. The quantitative estimate of drug-likeness (QED) is 0.146. The third kappa shape index (κ3) is 9.03. The number of methoxy groups -OCH3 is 1. The van der Waals surface area contributed by atoms with Crippen LogP contribution in [0.3, 0.4) is 0 Å². The molecule has 5 rings (SSSR count). The zero-order valence-corrected chi connectivity index (χ0v) is 26.1. The second kappa shape index (κ2) is 16.2. The van der Waals surface area contributed by atoms with Crippen molar-refractivity contribution in [2.24, 2.45) is 0 Å². The fraction of sp³-hybridized carbons (Fsp3) is 0.314. The number of ether oxygens (including phenoxy) is 6. The standard InChI is InChI=1S/C35H32BrClO6/c1-38-35-34(42-23-28-14-8-9-15-30(28)36)33(41-22-26-12-6-3-7-13-26)32(40-21-25-10-4-2-5-11-25)31(43-35)24-39-20-27-16-18-29(37)19-17-27/h2-7,10-16,18,31-35H,20-24H2,1H3/t31?,32-,33-,34?,35+/m0/s1. The van der Waals surface area contributed by atoms with E-state index in [2.05, 4.69) is 40.2 Å². The van der Waals surface area contributed by atoms with Gasteiger partial charge in [0.05, 0.1) is 38.1 Å². The van der Waals surface area contributed by atoms with Crippen molar-refractivity contribution >= 4 is 27.5 Å². The normalized spacial score (nSPS) is 21.6. The molecule has 1 fully saturated rings. The lowest BCUT2D eigenvalue weighted by Crippen LogP contribution is -2.61. The second-order valence-electron chi connectivity index (χ2n) is 10.00. The van der Waals surface area contributed by atoms with Gasteiger partial charge in [-0.15, -0.1) is 0 Å². The zero-order chi connectivity index (χ0) is 29.9. The van der Waals surface area contributed by atoms with Crippen molar-refractivity contribution < 1.29 is 28.4 Å². The van der Waals surface area contributed by atoms with Crippen LogP contribution in [0.15, 0.2) is 89.4 Å². The molecule has 4 aromatic carbocycles. The molecule has 4 aromatic rings. The van der Waals surface area contributed by atoms with Crippen LogP contribution >= 0.6 is 27.5 Å². The van der Waals surface area contributed by atoms with Gasteiger partial charge in [-0.25, -0.2) is 0 Å². The molecule has 43 heavy (non-hydrogen) atoms. The van der Waals surface area contributed by atoms with E-state index in [0.29, 0.717) is 24.8 Å². The van der Waals surface area contributed by atoms with Gasteiger partial charge in [0.1, 0.15) is 24.4 Å². The predicted molar refractivity (Wildman–Crippen MR) is 165 cm³/mol. The summed E-state index contributed by atoms with van der Waals surface area (Å²) in [6.07, 6.45) is -2.96. The molecule has 0 saturated carbocycles. The first kappa shape index (κ1) is 31.5. The Kier molecular flexibility index (Phi) is 11.9. The van der Waals surface area contributed by atoms with Crippen molar-refractivity contribution in [2.75, 3.05) is 13.7 Å². The summed E-state index contributed by atoms with van der Waals surface area (Å²) in [5.74, 6) is 0. The van der Waals surface area contributed by atoms with Crippen LogP contribution in [0.1, 0.15) is 22.3 Å². The molecule has 0 amide bonds. The molecule has 0 bridgehead atoms. The Morgan fingerprint density at radius 3 is 2.02 bits per heavy atom. The largest absolute Gasteiger partial charge is 0.373 e. The molecule has 1 aliphatic heterocycles. The highest BCUT2D eigenvalue weighted by Crippen LogP contribution is 2.31. The Morgan fingerprint density at radius 2 is 1.40 bits per heavy atom. The topological polar surface area (TPSA) is 55.4 Å². The number of halogens is 2. The van der Waals surface area contributed by atoms with Gasteiger partial charge in [0.15, 0.2) is 6.29 Å². The summed E-state index contributed by atoms with van der Waals surface area (Å²) in [5.41, 5.74) is 3.80. The van der Waals surface area contributed by atoms with Gasteiger partial charge in [0.2, 0.25) is 0 Å². The van der Waals surface area contributed by atoms with E-state index >= 15 is 0 Å². The molecule has 1 aliphatic rings. The van der Waals surface area contributed by atoms with E-state index in [0.717, 1.165) is 26.7 Å². The minimum atomic E-state index is -0.737. The molecule has 1 heterocycles. The highest BCUT2D eigenvalue weighted by Gasteiger charge is 2.48. The molecular weight excluding hydrogens is 632 g/mol. The Bertz CT molecular complexity index is 1370. The highest BCUT2D eigenvalue weighted by atomic mass is 79.9. The van der Waals surface area contributed by atoms with E-state index in [1.807, 2.05) is 78.9 Å². The molecule has 2 unspecified atom stereocenters. The number of benzene rings is 2. The first-order chi connectivity index (χ1) is 21.1. The highest BCUT2D eigenvalue weighted by molar-refractivity contribution is 9.10. The van der Waals surface area contributed by atoms with Gasteiger partial charge in [0.25, 0.3) is 0 Å². The first-order valence-electron chi connectivity index (χ1n) is 13.9. The molecule has 222 valence electrons. The SMILES string of the molecule is CO[C@@H]1OC(COCc2c#cc(Cl)cc2)[C@H](OCc2ccccc2)[C@H](OCc2ccccc2)C1OCc1cc#ccc1Br. The summed E-state index contributed by atoms with van der Waals surface area (Å²) >= 11 is 9.55. The van der Waals surface area contributed by atoms with E-state index in [1.165, 1.54) is 0 Å². The molecule has 1 saturated heterocycles. The molecule has 0 aliphatic carbocycles. The van der Waals surface area contributed by atoms with Crippen molar-refractivity contribution in [1.82, 2.24) is 0 Å². The molecular formula is C35H32BrClO6. The summed E-state index contributed by atoms with van der Waals surface area (Å²) in [6, 6.07) is 39.1. The van der Waals surface area contributed by atoms with Gasteiger partial charge in [-0.05, 0) is 51.3 Å². The number of hydrogen-bond donors (Lipinski definition) is 0. The molecule has 8 heteroatoms. The van der Waals surface area contributed by atoms with Crippen molar-refractivity contribution in [3.8, 4) is 0 Å². The van der Waals surface area contributed by atoms with Crippen LogP contribution in [0.5, 0.6) is 0 Å². The van der Waals surface area contributed by atoms with E-state index in [-0.39, 0.29) is 13.2 Å². The van der Waals surface area contributed by atoms with Crippen molar-refractivity contribution in [1.29, 1.82) is 0 Å². The Balaban J connectivity index is 1.39. The van der Waals surface area contributed by atoms with Gasteiger partial charge in [-0.2, -0.15) is 0 Å². The van der Waals surface area contributed by atoms with E-state index in [9.17, 15) is 0 Å². The molecule has 0 spiro atoms. The summed E-state index contributed by atoms with van der Waals surface area (Å²) in [6.45, 7) is 1.52. The first-order valence-corrected chi connectivity index (χ1v) is 15.1. The van der Waals surface area contributed by atoms with E-state index in [1.54, 1.807) is 13.2 Å². The fourth-order valence-corrected chi connectivity index (χ4v) is 5.21. The molecule has 0 N–H and O–H groups in total. The van der Waals surface area contributed by atoms with E-state index < -0.39 is 30.7 Å². The summed E-state index contributed by atoms with van der Waals surface area (Å²) in [7, 11) is 1.60. The molecule has 0 radical (unpaired) electrons. The van der Waals surface area contributed by atoms with Crippen LogP contribution in [0.2, 0.25) is 5.02 Å². The Labute approximate surface area is 266 Å². The van der Waals surface area contributed by atoms with E-state index in [4.69, 9.17) is 40.0 Å². The van der Waals surface area contributed by atoms with Crippen LogP contribution in [0, 0.1) is 24.3 Å². The zero-order valence-electron chi connectivity index (χ0n) is 23.7. The third-order valence-electron chi connectivity index (χ3n) is 6.97. The average Bonchev–Trinajstić information content (AvgIpc) is 3.04. The van der Waals surface area contributed by atoms with Gasteiger partial charge in [-0.3, -0.25) is 0 Å². The monoisotopic (exact) mass is 662 g/mol.